The zero-order chi connectivity index (χ0) is 15.0. The van der Waals surface area contributed by atoms with Crippen LogP contribution in [0.5, 0.6) is 0 Å². The van der Waals surface area contributed by atoms with Crippen LogP contribution in [0.15, 0.2) is 24.3 Å². The van der Waals surface area contributed by atoms with Gasteiger partial charge < -0.3 is 0 Å². The lowest BCUT2D eigenvalue weighted by Gasteiger charge is -2.07. The van der Waals surface area contributed by atoms with E-state index in [0.717, 1.165) is 5.75 Å². The van der Waals surface area contributed by atoms with Crippen LogP contribution < -0.4 is 4.72 Å². The zero-order valence-corrected chi connectivity index (χ0v) is 12.8. The standard InChI is InChI=1S/C13H16N2O3S2/c1-2-19-8-7-13(16)15-20(17,18)10-12-6-4-3-5-11(12)9-14/h3-6H,2,7-8,10H2,1H3,(H,15,16). The Kier molecular flexibility index (Phi) is 6.55. The summed E-state index contributed by atoms with van der Waals surface area (Å²) in [5, 5.41) is 8.91. The van der Waals surface area contributed by atoms with Crippen molar-refractivity contribution >= 4 is 27.7 Å². The molecular weight excluding hydrogens is 296 g/mol. The van der Waals surface area contributed by atoms with Gasteiger partial charge in [-0.15, -0.1) is 0 Å². The molecule has 0 unspecified atom stereocenters. The Balaban J connectivity index is 2.66. The molecule has 108 valence electrons. The third-order valence-electron chi connectivity index (χ3n) is 2.43. The van der Waals surface area contributed by atoms with Crippen LogP contribution in [0, 0.1) is 11.3 Å². The highest BCUT2D eigenvalue weighted by Gasteiger charge is 2.17. The second-order valence-corrected chi connectivity index (χ2v) is 7.12. The maximum atomic E-state index is 11.9. The second-order valence-electron chi connectivity index (χ2n) is 4.00. The molecule has 1 rings (SSSR count). The molecule has 0 saturated carbocycles. The lowest BCUT2D eigenvalue weighted by molar-refractivity contribution is -0.118. The summed E-state index contributed by atoms with van der Waals surface area (Å²) < 4.78 is 25.8. The lowest BCUT2D eigenvalue weighted by Crippen LogP contribution is -2.32. The van der Waals surface area contributed by atoms with Gasteiger partial charge in [0.15, 0.2) is 0 Å². The van der Waals surface area contributed by atoms with Gasteiger partial charge in [0.25, 0.3) is 0 Å². The van der Waals surface area contributed by atoms with Crippen molar-refractivity contribution in [3.05, 3.63) is 35.4 Å². The highest BCUT2D eigenvalue weighted by molar-refractivity contribution is 7.99. The van der Waals surface area contributed by atoms with Gasteiger partial charge in [0, 0.05) is 12.2 Å². The third kappa shape index (κ3) is 5.63. The molecule has 1 aromatic rings. The number of hydrogen-bond donors (Lipinski definition) is 1. The Morgan fingerprint density at radius 2 is 2.10 bits per heavy atom. The summed E-state index contributed by atoms with van der Waals surface area (Å²) in [4.78, 5) is 11.5. The van der Waals surface area contributed by atoms with Crippen LogP contribution in [0.1, 0.15) is 24.5 Å². The van der Waals surface area contributed by atoms with E-state index < -0.39 is 15.9 Å². The van der Waals surface area contributed by atoms with E-state index in [-0.39, 0.29) is 12.2 Å². The van der Waals surface area contributed by atoms with Crippen molar-refractivity contribution in [2.24, 2.45) is 0 Å². The zero-order valence-electron chi connectivity index (χ0n) is 11.1. The number of nitrogens with zero attached hydrogens (tertiary/aromatic N) is 1. The van der Waals surface area contributed by atoms with Crippen LogP contribution in [0.3, 0.4) is 0 Å². The number of benzene rings is 1. The van der Waals surface area contributed by atoms with Gasteiger partial charge in [-0.2, -0.15) is 17.0 Å². The summed E-state index contributed by atoms with van der Waals surface area (Å²) in [6.45, 7) is 1.97. The summed E-state index contributed by atoms with van der Waals surface area (Å²) >= 11 is 1.57. The van der Waals surface area contributed by atoms with Gasteiger partial charge in [0.1, 0.15) is 0 Å². The van der Waals surface area contributed by atoms with Crippen LogP contribution in [0.25, 0.3) is 0 Å². The number of rotatable bonds is 7. The second kappa shape index (κ2) is 7.92. The van der Waals surface area contributed by atoms with Crippen molar-refractivity contribution < 1.29 is 13.2 Å². The quantitative estimate of drug-likeness (QED) is 0.774. The smallest absolute Gasteiger partial charge is 0.239 e. The van der Waals surface area contributed by atoms with Crippen molar-refractivity contribution in [1.82, 2.24) is 4.72 Å². The summed E-state index contributed by atoms with van der Waals surface area (Å²) in [6, 6.07) is 8.36. The molecule has 1 N–H and O–H groups in total. The first kappa shape index (κ1) is 16.5. The fraction of sp³-hybridized carbons (Fsp3) is 0.385. The van der Waals surface area contributed by atoms with Gasteiger partial charge in [-0.05, 0) is 17.4 Å². The van der Waals surface area contributed by atoms with E-state index in [1.54, 1.807) is 36.0 Å². The maximum absolute atomic E-state index is 11.9. The van der Waals surface area contributed by atoms with Gasteiger partial charge in [0.05, 0.1) is 17.4 Å². The highest BCUT2D eigenvalue weighted by Crippen LogP contribution is 2.11. The molecule has 0 aliphatic heterocycles. The number of nitriles is 1. The first-order valence-electron chi connectivity index (χ1n) is 6.07. The van der Waals surface area contributed by atoms with Gasteiger partial charge in [-0.3, -0.25) is 9.52 Å². The predicted molar refractivity (Wildman–Crippen MR) is 79.5 cm³/mol. The van der Waals surface area contributed by atoms with Crippen molar-refractivity contribution in [1.29, 1.82) is 5.26 Å². The fourth-order valence-corrected chi connectivity index (χ4v) is 3.33. The number of carbonyl (C=O) groups is 1. The minimum Gasteiger partial charge on any atom is -0.274 e. The average molecular weight is 312 g/mol. The van der Waals surface area contributed by atoms with Crippen LogP contribution in [0.2, 0.25) is 0 Å². The molecule has 0 fully saturated rings. The van der Waals surface area contributed by atoms with E-state index in [9.17, 15) is 13.2 Å². The molecule has 0 aliphatic carbocycles. The molecule has 0 atom stereocenters. The summed E-state index contributed by atoms with van der Waals surface area (Å²) in [5.74, 6) is 0.589. The van der Waals surface area contributed by atoms with Crippen molar-refractivity contribution in [2.75, 3.05) is 11.5 Å². The Morgan fingerprint density at radius 3 is 2.75 bits per heavy atom. The van der Waals surface area contributed by atoms with Crippen molar-refractivity contribution in [3.8, 4) is 6.07 Å². The Morgan fingerprint density at radius 1 is 1.40 bits per heavy atom. The molecule has 0 heterocycles. The number of hydrogen-bond acceptors (Lipinski definition) is 5. The minimum atomic E-state index is -3.76. The maximum Gasteiger partial charge on any atom is 0.239 e. The van der Waals surface area contributed by atoms with Crippen molar-refractivity contribution in [3.63, 3.8) is 0 Å². The molecule has 0 bridgehead atoms. The van der Waals surface area contributed by atoms with Crippen LogP contribution >= 0.6 is 11.8 Å². The van der Waals surface area contributed by atoms with Crippen LogP contribution in [-0.2, 0) is 20.6 Å². The molecule has 5 nitrogen and oxygen atoms in total. The van der Waals surface area contributed by atoms with Gasteiger partial charge in [-0.1, -0.05) is 25.1 Å². The van der Waals surface area contributed by atoms with Gasteiger partial charge >= 0.3 is 0 Å². The Labute approximate surface area is 123 Å². The Hall–Kier alpha value is -1.52. The number of thioether (sulfide) groups is 1. The molecule has 0 aliphatic rings. The molecule has 1 aromatic carbocycles. The molecule has 0 spiro atoms. The average Bonchev–Trinajstić information content (AvgIpc) is 2.38. The van der Waals surface area contributed by atoms with Crippen molar-refractivity contribution in [2.45, 2.75) is 19.1 Å². The number of carbonyl (C=O) groups excluding carboxylic acids is 1. The minimum absolute atomic E-state index is 0.164. The predicted octanol–water partition coefficient (Wildman–Crippen LogP) is 1.65. The summed E-state index contributed by atoms with van der Waals surface area (Å²) in [5.41, 5.74) is 0.685. The normalized spacial score (nSPS) is 10.8. The molecular formula is C13H16N2O3S2. The highest BCUT2D eigenvalue weighted by atomic mass is 32.2. The Bertz CT molecular complexity index is 606. The largest absolute Gasteiger partial charge is 0.274 e. The van der Waals surface area contributed by atoms with E-state index in [2.05, 4.69) is 0 Å². The van der Waals surface area contributed by atoms with E-state index >= 15 is 0 Å². The SMILES string of the molecule is CCSCCC(=O)NS(=O)(=O)Cc1ccccc1C#N. The summed E-state index contributed by atoms with van der Waals surface area (Å²) in [7, 11) is -3.76. The number of amides is 1. The van der Waals surface area contributed by atoms with E-state index in [4.69, 9.17) is 5.26 Å². The third-order valence-corrected chi connectivity index (χ3v) is 4.56. The van der Waals surface area contributed by atoms with E-state index in [1.165, 1.54) is 0 Å². The number of sulfonamides is 1. The molecule has 1 amide bonds. The van der Waals surface area contributed by atoms with E-state index in [0.29, 0.717) is 16.9 Å². The topological polar surface area (TPSA) is 87.0 Å². The molecule has 0 aromatic heterocycles. The lowest BCUT2D eigenvalue weighted by atomic mass is 10.1. The van der Waals surface area contributed by atoms with Gasteiger partial charge in [0.2, 0.25) is 15.9 Å². The first-order valence-corrected chi connectivity index (χ1v) is 8.88. The molecule has 0 radical (unpaired) electrons. The first-order chi connectivity index (χ1) is 9.48. The fourth-order valence-electron chi connectivity index (χ4n) is 1.53. The number of nitrogens with one attached hydrogen (secondary N) is 1. The molecule has 20 heavy (non-hydrogen) atoms. The molecule has 7 heteroatoms. The molecule has 0 saturated heterocycles. The van der Waals surface area contributed by atoms with Crippen LogP contribution in [-0.4, -0.2) is 25.8 Å². The monoisotopic (exact) mass is 312 g/mol. The van der Waals surface area contributed by atoms with Gasteiger partial charge in [-0.25, -0.2) is 8.42 Å². The van der Waals surface area contributed by atoms with E-state index in [1.807, 2.05) is 17.7 Å². The van der Waals surface area contributed by atoms with Crippen LogP contribution in [0.4, 0.5) is 0 Å². The summed E-state index contributed by atoms with van der Waals surface area (Å²) in [6.07, 6.45) is 0.164.